The minimum absolute atomic E-state index is 0.693. The van der Waals surface area contributed by atoms with Crippen molar-refractivity contribution < 1.29 is 0 Å². The molecule has 0 aromatic carbocycles. The van der Waals surface area contributed by atoms with Gasteiger partial charge in [-0.3, -0.25) is 4.98 Å². The number of nitrogens with zero attached hydrogens (tertiary/aromatic N) is 1. The van der Waals surface area contributed by atoms with Gasteiger partial charge in [-0.25, -0.2) is 0 Å². The topological polar surface area (TPSA) is 12.9 Å². The number of aromatic nitrogens is 1. The maximum absolute atomic E-state index is 4.47. The second-order valence-corrected chi connectivity index (χ2v) is 4.85. The molecule has 1 heterocycles. The third kappa shape index (κ3) is 3.91. The van der Waals surface area contributed by atoms with Crippen LogP contribution in [0.25, 0.3) is 0 Å². The highest BCUT2D eigenvalue weighted by atomic mass is 14.7. The highest BCUT2D eigenvalue weighted by Crippen LogP contribution is 2.09. The van der Waals surface area contributed by atoms with E-state index >= 15 is 0 Å². The van der Waals surface area contributed by atoms with Crippen molar-refractivity contribution >= 4 is 0 Å². The SMILES string of the molecule is CC(C)Cc1ccc(CC(C)C)nc1. The van der Waals surface area contributed by atoms with Gasteiger partial charge in [0.1, 0.15) is 0 Å². The second-order valence-electron chi connectivity index (χ2n) is 4.85. The third-order valence-corrected chi connectivity index (χ3v) is 2.15. The zero-order chi connectivity index (χ0) is 10.6. The van der Waals surface area contributed by atoms with Crippen LogP contribution in [-0.4, -0.2) is 4.98 Å². The smallest absolute Gasteiger partial charge is 0.0406 e. The molecular weight excluding hydrogens is 170 g/mol. The molecule has 1 aromatic rings. The fraction of sp³-hybridized carbons (Fsp3) is 0.615. The van der Waals surface area contributed by atoms with Gasteiger partial charge >= 0.3 is 0 Å². The van der Waals surface area contributed by atoms with Gasteiger partial charge in [0.15, 0.2) is 0 Å². The quantitative estimate of drug-likeness (QED) is 0.710. The van der Waals surface area contributed by atoms with Gasteiger partial charge in [-0.1, -0.05) is 33.8 Å². The van der Waals surface area contributed by atoms with Crippen LogP contribution < -0.4 is 0 Å². The standard InChI is InChI=1S/C13H21N/c1-10(2)7-12-5-6-13(14-9-12)8-11(3)4/h5-6,9-11H,7-8H2,1-4H3. The van der Waals surface area contributed by atoms with Crippen LogP contribution in [-0.2, 0) is 12.8 Å². The van der Waals surface area contributed by atoms with Crippen LogP contribution in [0.1, 0.15) is 39.0 Å². The lowest BCUT2D eigenvalue weighted by molar-refractivity contribution is 0.628. The molecule has 0 spiro atoms. The third-order valence-electron chi connectivity index (χ3n) is 2.15. The molecule has 1 heteroatoms. The molecule has 0 aliphatic heterocycles. The molecule has 0 N–H and O–H groups in total. The summed E-state index contributed by atoms with van der Waals surface area (Å²) in [6.45, 7) is 8.93. The number of hydrogen-bond acceptors (Lipinski definition) is 1. The van der Waals surface area contributed by atoms with Gasteiger partial charge in [0.25, 0.3) is 0 Å². The zero-order valence-corrected chi connectivity index (χ0v) is 9.75. The van der Waals surface area contributed by atoms with Gasteiger partial charge in [-0.15, -0.1) is 0 Å². The summed E-state index contributed by atoms with van der Waals surface area (Å²) < 4.78 is 0. The average Bonchev–Trinajstić information content (AvgIpc) is 2.06. The van der Waals surface area contributed by atoms with Crippen LogP contribution in [0.2, 0.25) is 0 Å². The Balaban J connectivity index is 2.59. The molecule has 1 rings (SSSR count). The maximum atomic E-state index is 4.47. The molecule has 78 valence electrons. The lowest BCUT2D eigenvalue weighted by Gasteiger charge is -2.07. The summed E-state index contributed by atoms with van der Waals surface area (Å²) in [4.78, 5) is 4.47. The molecule has 0 amide bonds. The van der Waals surface area contributed by atoms with E-state index in [2.05, 4.69) is 44.8 Å². The predicted molar refractivity (Wildman–Crippen MR) is 61.3 cm³/mol. The van der Waals surface area contributed by atoms with Crippen LogP contribution in [0, 0.1) is 11.8 Å². The molecule has 0 saturated carbocycles. The van der Waals surface area contributed by atoms with E-state index in [1.165, 1.54) is 11.3 Å². The summed E-state index contributed by atoms with van der Waals surface area (Å²) in [6.07, 6.45) is 4.24. The van der Waals surface area contributed by atoms with E-state index in [-0.39, 0.29) is 0 Å². The monoisotopic (exact) mass is 191 g/mol. The molecule has 1 nitrogen and oxygen atoms in total. The molecule has 0 aliphatic rings. The molecule has 0 aliphatic carbocycles. The van der Waals surface area contributed by atoms with Gasteiger partial charge in [0.2, 0.25) is 0 Å². The summed E-state index contributed by atoms with van der Waals surface area (Å²) in [5.41, 5.74) is 2.57. The van der Waals surface area contributed by atoms with Gasteiger partial charge in [0, 0.05) is 11.9 Å². The Labute approximate surface area is 87.6 Å². The molecule has 0 radical (unpaired) electrons. The van der Waals surface area contributed by atoms with Crippen molar-refractivity contribution in [3.05, 3.63) is 29.6 Å². The Morgan fingerprint density at radius 3 is 2.07 bits per heavy atom. The van der Waals surface area contributed by atoms with Gasteiger partial charge < -0.3 is 0 Å². The molecule has 1 aromatic heterocycles. The molecule has 0 fully saturated rings. The van der Waals surface area contributed by atoms with E-state index in [4.69, 9.17) is 0 Å². The van der Waals surface area contributed by atoms with Gasteiger partial charge in [-0.05, 0) is 36.3 Å². The Hall–Kier alpha value is -0.850. The van der Waals surface area contributed by atoms with Gasteiger partial charge in [-0.2, -0.15) is 0 Å². The van der Waals surface area contributed by atoms with E-state index < -0.39 is 0 Å². The summed E-state index contributed by atoms with van der Waals surface area (Å²) in [6, 6.07) is 4.38. The van der Waals surface area contributed by atoms with Crippen molar-refractivity contribution in [2.24, 2.45) is 11.8 Å². The maximum Gasteiger partial charge on any atom is 0.0406 e. The van der Waals surface area contributed by atoms with E-state index in [1.54, 1.807) is 0 Å². The highest BCUT2D eigenvalue weighted by Gasteiger charge is 2.01. The van der Waals surface area contributed by atoms with Crippen molar-refractivity contribution in [3.8, 4) is 0 Å². The Kier molecular flexibility index (Phi) is 4.12. The number of hydrogen-bond donors (Lipinski definition) is 0. The molecule has 0 atom stereocenters. The zero-order valence-electron chi connectivity index (χ0n) is 9.75. The van der Waals surface area contributed by atoms with Crippen LogP contribution in [0.15, 0.2) is 18.3 Å². The summed E-state index contributed by atoms with van der Waals surface area (Å²) in [7, 11) is 0. The number of rotatable bonds is 4. The van der Waals surface area contributed by atoms with E-state index in [0.29, 0.717) is 11.8 Å². The minimum atomic E-state index is 0.693. The molecule has 14 heavy (non-hydrogen) atoms. The van der Waals surface area contributed by atoms with E-state index in [1.807, 2.05) is 6.20 Å². The van der Waals surface area contributed by atoms with Crippen molar-refractivity contribution in [1.82, 2.24) is 4.98 Å². The van der Waals surface area contributed by atoms with Crippen molar-refractivity contribution in [3.63, 3.8) is 0 Å². The van der Waals surface area contributed by atoms with Crippen LogP contribution in [0.3, 0.4) is 0 Å². The fourth-order valence-electron chi connectivity index (χ4n) is 1.59. The van der Waals surface area contributed by atoms with Crippen LogP contribution in [0.4, 0.5) is 0 Å². The second kappa shape index (κ2) is 5.14. The fourth-order valence-corrected chi connectivity index (χ4v) is 1.59. The molecular formula is C13H21N. The largest absolute Gasteiger partial charge is 0.261 e. The Morgan fingerprint density at radius 2 is 1.64 bits per heavy atom. The summed E-state index contributed by atoms with van der Waals surface area (Å²) in [5, 5.41) is 0. The first kappa shape index (κ1) is 11.2. The first-order valence-corrected chi connectivity index (χ1v) is 5.51. The molecule has 0 unspecified atom stereocenters. The normalized spacial score (nSPS) is 11.3. The minimum Gasteiger partial charge on any atom is -0.261 e. The van der Waals surface area contributed by atoms with Gasteiger partial charge in [0.05, 0.1) is 0 Å². The Morgan fingerprint density at radius 1 is 1.00 bits per heavy atom. The van der Waals surface area contributed by atoms with E-state index in [9.17, 15) is 0 Å². The van der Waals surface area contributed by atoms with Crippen molar-refractivity contribution in [1.29, 1.82) is 0 Å². The first-order chi connectivity index (χ1) is 6.58. The number of pyridine rings is 1. The molecule has 0 bridgehead atoms. The first-order valence-electron chi connectivity index (χ1n) is 5.51. The van der Waals surface area contributed by atoms with Crippen molar-refractivity contribution in [2.75, 3.05) is 0 Å². The Bertz CT molecular complexity index is 230. The van der Waals surface area contributed by atoms with Crippen LogP contribution >= 0.6 is 0 Å². The lowest BCUT2D eigenvalue weighted by Crippen LogP contribution is -1.99. The van der Waals surface area contributed by atoms with E-state index in [0.717, 1.165) is 12.8 Å². The predicted octanol–water partition coefficient (Wildman–Crippen LogP) is 3.48. The lowest BCUT2D eigenvalue weighted by atomic mass is 10.0. The summed E-state index contributed by atoms with van der Waals surface area (Å²) in [5.74, 6) is 1.41. The summed E-state index contributed by atoms with van der Waals surface area (Å²) >= 11 is 0. The molecule has 0 saturated heterocycles. The highest BCUT2D eigenvalue weighted by molar-refractivity contribution is 5.14. The average molecular weight is 191 g/mol. The van der Waals surface area contributed by atoms with Crippen molar-refractivity contribution in [2.45, 2.75) is 40.5 Å². The van der Waals surface area contributed by atoms with Crippen LogP contribution in [0.5, 0.6) is 0 Å².